The predicted molar refractivity (Wildman–Crippen MR) is 78.1 cm³/mol. The molecule has 1 aliphatic heterocycles. The van der Waals surface area contributed by atoms with Crippen molar-refractivity contribution in [2.24, 2.45) is 7.05 Å². The molecule has 4 rings (SSSR count). The van der Waals surface area contributed by atoms with E-state index < -0.39 is 0 Å². The molecule has 0 bridgehead atoms. The molecule has 1 saturated heterocycles. The predicted octanol–water partition coefficient (Wildman–Crippen LogP) is 1.15. The van der Waals surface area contributed by atoms with E-state index in [4.69, 9.17) is 0 Å². The van der Waals surface area contributed by atoms with E-state index in [1.54, 1.807) is 0 Å². The second-order valence-corrected chi connectivity index (χ2v) is 5.99. The van der Waals surface area contributed by atoms with Crippen molar-refractivity contribution in [3.8, 4) is 0 Å². The van der Waals surface area contributed by atoms with E-state index in [0.717, 1.165) is 50.0 Å². The van der Waals surface area contributed by atoms with Gasteiger partial charge in [0.15, 0.2) is 0 Å². The Morgan fingerprint density at radius 3 is 2.85 bits per heavy atom. The van der Waals surface area contributed by atoms with Crippen molar-refractivity contribution in [3.05, 3.63) is 27.7 Å². The van der Waals surface area contributed by atoms with Gasteiger partial charge in [-0.1, -0.05) is 0 Å². The van der Waals surface area contributed by atoms with Gasteiger partial charge in [-0.25, -0.2) is 0 Å². The summed E-state index contributed by atoms with van der Waals surface area (Å²) in [5.74, 6) is 0. The van der Waals surface area contributed by atoms with Gasteiger partial charge in [0.25, 0.3) is 5.56 Å². The SMILES string of the molecule is Cn1ncc2c3c(c(=O)n(C4CCNC4)c21)CCCC3. The van der Waals surface area contributed by atoms with Gasteiger partial charge >= 0.3 is 0 Å². The van der Waals surface area contributed by atoms with Crippen molar-refractivity contribution in [1.29, 1.82) is 0 Å². The van der Waals surface area contributed by atoms with Crippen molar-refractivity contribution in [1.82, 2.24) is 19.7 Å². The lowest BCUT2D eigenvalue weighted by atomic mass is 9.91. The maximum Gasteiger partial charge on any atom is 0.255 e. The fourth-order valence-corrected chi connectivity index (χ4v) is 3.81. The van der Waals surface area contributed by atoms with Crippen molar-refractivity contribution >= 4 is 11.0 Å². The quantitative estimate of drug-likeness (QED) is 0.847. The fourth-order valence-electron chi connectivity index (χ4n) is 3.81. The van der Waals surface area contributed by atoms with Crippen molar-refractivity contribution in [2.75, 3.05) is 13.1 Å². The number of fused-ring (bicyclic) bond motifs is 3. The molecule has 106 valence electrons. The molecule has 1 aliphatic carbocycles. The van der Waals surface area contributed by atoms with Crippen molar-refractivity contribution < 1.29 is 0 Å². The van der Waals surface area contributed by atoms with Gasteiger partial charge in [0.05, 0.1) is 12.2 Å². The Morgan fingerprint density at radius 1 is 1.30 bits per heavy atom. The van der Waals surface area contributed by atoms with Crippen LogP contribution >= 0.6 is 0 Å². The maximum atomic E-state index is 13.0. The zero-order chi connectivity index (χ0) is 13.7. The number of aromatic nitrogens is 3. The largest absolute Gasteiger partial charge is 0.315 e. The molecule has 20 heavy (non-hydrogen) atoms. The molecule has 2 aromatic heterocycles. The number of nitrogens with zero attached hydrogens (tertiary/aromatic N) is 3. The molecule has 0 spiro atoms. The highest BCUT2D eigenvalue weighted by Crippen LogP contribution is 2.28. The lowest BCUT2D eigenvalue weighted by molar-refractivity contribution is 0.525. The average Bonchev–Trinajstić information content (AvgIpc) is 3.11. The van der Waals surface area contributed by atoms with Crippen LogP contribution in [0.25, 0.3) is 11.0 Å². The molecule has 2 aromatic rings. The van der Waals surface area contributed by atoms with Crippen LogP contribution in [0.3, 0.4) is 0 Å². The topological polar surface area (TPSA) is 51.9 Å². The van der Waals surface area contributed by atoms with Gasteiger partial charge in [-0.3, -0.25) is 14.0 Å². The van der Waals surface area contributed by atoms with Crippen LogP contribution in [0.4, 0.5) is 0 Å². The van der Waals surface area contributed by atoms with Crippen LogP contribution in [0.5, 0.6) is 0 Å². The van der Waals surface area contributed by atoms with Crippen molar-refractivity contribution in [3.63, 3.8) is 0 Å². The van der Waals surface area contributed by atoms with Gasteiger partial charge in [0, 0.05) is 24.5 Å². The molecule has 0 amide bonds. The minimum Gasteiger partial charge on any atom is -0.315 e. The molecule has 0 saturated carbocycles. The molecule has 0 aromatic carbocycles. The van der Waals surface area contributed by atoms with Gasteiger partial charge < -0.3 is 5.32 Å². The summed E-state index contributed by atoms with van der Waals surface area (Å²) in [4.78, 5) is 13.0. The molecular weight excluding hydrogens is 252 g/mol. The van der Waals surface area contributed by atoms with E-state index in [0.29, 0.717) is 0 Å². The lowest BCUT2D eigenvalue weighted by Gasteiger charge is -2.22. The highest BCUT2D eigenvalue weighted by molar-refractivity contribution is 5.80. The number of hydrogen-bond donors (Lipinski definition) is 1. The average molecular weight is 272 g/mol. The summed E-state index contributed by atoms with van der Waals surface area (Å²) in [5.41, 5.74) is 3.53. The molecule has 1 fully saturated rings. The summed E-state index contributed by atoms with van der Waals surface area (Å²) in [5, 5.41) is 8.97. The first-order valence-corrected chi connectivity index (χ1v) is 7.56. The Balaban J connectivity index is 2.08. The third kappa shape index (κ3) is 1.59. The number of pyridine rings is 1. The Labute approximate surface area is 117 Å². The van der Waals surface area contributed by atoms with Gasteiger partial charge in [-0.2, -0.15) is 5.10 Å². The summed E-state index contributed by atoms with van der Waals surface area (Å²) in [6.07, 6.45) is 7.24. The zero-order valence-electron chi connectivity index (χ0n) is 11.9. The fraction of sp³-hybridized carbons (Fsp3) is 0.600. The highest BCUT2D eigenvalue weighted by Gasteiger charge is 2.26. The van der Waals surface area contributed by atoms with Crippen LogP contribution < -0.4 is 10.9 Å². The first-order valence-electron chi connectivity index (χ1n) is 7.56. The Bertz CT molecular complexity index is 722. The molecule has 5 heteroatoms. The Morgan fingerprint density at radius 2 is 2.10 bits per heavy atom. The van der Waals surface area contributed by atoms with Crippen LogP contribution in [-0.2, 0) is 19.9 Å². The summed E-state index contributed by atoms with van der Waals surface area (Å²) in [6.45, 7) is 1.88. The summed E-state index contributed by atoms with van der Waals surface area (Å²) in [6, 6.07) is 0.271. The minimum atomic E-state index is 0.226. The smallest absolute Gasteiger partial charge is 0.255 e. The van der Waals surface area contributed by atoms with Crippen LogP contribution in [0.2, 0.25) is 0 Å². The Kier molecular flexibility index (Phi) is 2.70. The molecule has 5 nitrogen and oxygen atoms in total. The number of rotatable bonds is 1. The van der Waals surface area contributed by atoms with Crippen LogP contribution in [0.15, 0.2) is 11.0 Å². The normalized spacial score (nSPS) is 22.4. The van der Waals surface area contributed by atoms with E-state index in [9.17, 15) is 4.79 Å². The third-order valence-electron chi connectivity index (χ3n) is 4.81. The van der Waals surface area contributed by atoms with Gasteiger partial charge in [0.1, 0.15) is 5.65 Å². The summed E-state index contributed by atoms with van der Waals surface area (Å²) < 4.78 is 3.87. The van der Waals surface area contributed by atoms with Crippen LogP contribution in [0, 0.1) is 0 Å². The maximum absolute atomic E-state index is 13.0. The van der Waals surface area contributed by atoms with E-state index >= 15 is 0 Å². The first kappa shape index (κ1) is 12.1. The summed E-state index contributed by atoms with van der Waals surface area (Å²) in [7, 11) is 1.94. The zero-order valence-corrected chi connectivity index (χ0v) is 11.9. The van der Waals surface area contributed by atoms with Gasteiger partial charge in [-0.05, 0) is 44.2 Å². The molecule has 1 N–H and O–H groups in total. The molecule has 1 atom stereocenters. The standard InChI is InChI=1S/C15H20N4O/c1-18-14-13(9-17-18)11-4-2-3-5-12(11)15(20)19(14)10-6-7-16-8-10/h9-10,16H,2-8H2,1H3. The molecule has 2 aliphatic rings. The van der Waals surface area contributed by atoms with Crippen LogP contribution in [0.1, 0.15) is 36.4 Å². The van der Waals surface area contributed by atoms with Gasteiger partial charge in [-0.15, -0.1) is 0 Å². The van der Waals surface area contributed by atoms with Crippen LogP contribution in [-0.4, -0.2) is 27.4 Å². The number of aryl methyl sites for hydroxylation is 2. The Hall–Kier alpha value is -1.62. The lowest BCUT2D eigenvalue weighted by Crippen LogP contribution is -2.32. The second-order valence-electron chi connectivity index (χ2n) is 5.99. The molecule has 0 radical (unpaired) electrons. The third-order valence-corrected chi connectivity index (χ3v) is 4.81. The number of nitrogens with one attached hydrogen (secondary N) is 1. The van der Waals surface area contributed by atoms with E-state index in [1.807, 2.05) is 22.5 Å². The van der Waals surface area contributed by atoms with E-state index in [2.05, 4.69) is 10.4 Å². The second kappa shape index (κ2) is 4.45. The molecule has 3 heterocycles. The van der Waals surface area contributed by atoms with E-state index in [-0.39, 0.29) is 11.6 Å². The first-order chi connectivity index (χ1) is 9.77. The molecular formula is C15H20N4O. The van der Waals surface area contributed by atoms with E-state index in [1.165, 1.54) is 17.4 Å². The monoisotopic (exact) mass is 272 g/mol. The van der Waals surface area contributed by atoms with Gasteiger partial charge in [0.2, 0.25) is 0 Å². The summed E-state index contributed by atoms with van der Waals surface area (Å²) >= 11 is 0. The minimum absolute atomic E-state index is 0.226. The molecule has 1 unspecified atom stereocenters. The number of hydrogen-bond acceptors (Lipinski definition) is 3. The highest BCUT2D eigenvalue weighted by atomic mass is 16.1. The van der Waals surface area contributed by atoms with Crippen molar-refractivity contribution in [2.45, 2.75) is 38.1 Å².